The molecule has 4 nitrogen and oxygen atoms in total. The number of nitrogens with one attached hydrogen (secondary N) is 1. The summed E-state index contributed by atoms with van der Waals surface area (Å²) in [4.78, 5) is 27.0. The summed E-state index contributed by atoms with van der Waals surface area (Å²) >= 11 is 5.73. The second-order valence-electron chi connectivity index (χ2n) is 5.81. The van der Waals surface area contributed by atoms with E-state index in [9.17, 15) is 9.59 Å². The van der Waals surface area contributed by atoms with Crippen LogP contribution >= 0.6 is 11.6 Å². The van der Waals surface area contributed by atoms with E-state index in [1.165, 1.54) is 5.54 Å². The third-order valence-corrected chi connectivity index (χ3v) is 4.56. The second-order valence-corrected chi connectivity index (χ2v) is 6.03. The van der Waals surface area contributed by atoms with E-state index in [1.54, 1.807) is 4.90 Å². The van der Waals surface area contributed by atoms with Crippen LogP contribution in [-0.2, 0) is 9.59 Å². The predicted octanol–water partition coefficient (Wildman–Crippen LogP) is 2.67. The van der Waals surface area contributed by atoms with Crippen molar-refractivity contribution in [3.8, 4) is 0 Å². The Labute approximate surface area is 126 Å². The van der Waals surface area contributed by atoms with Crippen LogP contribution in [0.2, 0.25) is 0 Å². The zero-order chi connectivity index (χ0) is 15.5. The summed E-state index contributed by atoms with van der Waals surface area (Å²) in [5.41, 5.74) is 1.59. The Morgan fingerprint density at radius 3 is 2.35 bits per heavy atom. The first-order chi connectivity index (χ1) is 9.33. The number of hydrogen-bond donors (Lipinski definition) is 1. The Balaban J connectivity index is 3.23. The van der Waals surface area contributed by atoms with Gasteiger partial charge in [0, 0.05) is 12.1 Å². The molecule has 20 heavy (non-hydrogen) atoms. The number of carbonyl (C=O) groups is 2. The van der Waals surface area contributed by atoms with Gasteiger partial charge in [0.2, 0.25) is 11.8 Å². The number of carbonyl (C=O) groups excluding carboxylic acids is 2. The fourth-order valence-electron chi connectivity index (χ4n) is 2.76. The molecule has 0 aromatic heterocycles. The summed E-state index contributed by atoms with van der Waals surface area (Å²) in [7, 11) is 0. The summed E-state index contributed by atoms with van der Waals surface area (Å²) in [5, 5.41) is 2.90. The average Bonchev–Trinajstić information content (AvgIpc) is 2.42. The third-order valence-electron chi connectivity index (χ3n) is 4.19. The third kappa shape index (κ3) is 2.85. The predicted molar refractivity (Wildman–Crippen MR) is 81.4 cm³/mol. The molecule has 0 aromatic carbocycles. The number of piperazine rings is 1. The fraction of sp³-hybridized carbons (Fsp3) is 0.733. The van der Waals surface area contributed by atoms with E-state index in [-0.39, 0.29) is 17.7 Å². The quantitative estimate of drug-likeness (QED) is 0.848. The highest BCUT2D eigenvalue weighted by molar-refractivity contribution is 6.25. The molecule has 5 heteroatoms. The molecule has 114 valence electrons. The minimum atomic E-state index is -0.760. The van der Waals surface area contributed by atoms with Crippen LogP contribution in [0.3, 0.4) is 0 Å². The van der Waals surface area contributed by atoms with E-state index < -0.39 is 11.6 Å². The zero-order valence-corrected chi connectivity index (χ0v) is 13.8. The van der Waals surface area contributed by atoms with Gasteiger partial charge >= 0.3 is 0 Å². The van der Waals surface area contributed by atoms with Gasteiger partial charge in [-0.1, -0.05) is 39.3 Å². The lowest BCUT2D eigenvalue weighted by Gasteiger charge is -2.48. The Hall–Kier alpha value is -1.03. The van der Waals surface area contributed by atoms with Gasteiger partial charge in [-0.15, -0.1) is 0 Å². The van der Waals surface area contributed by atoms with Gasteiger partial charge in [-0.3, -0.25) is 9.59 Å². The van der Waals surface area contributed by atoms with Crippen molar-refractivity contribution in [2.75, 3.05) is 6.54 Å². The van der Waals surface area contributed by atoms with Gasteiger partial charge in [0.05, 0.1) is 0 Å². The molecule has 1 aliphatic heterocycles. The van der Waals surface area contributed by atoms with E-state index in [0.29, 0.717) is 19.4 Å². The van der Waals surface area contributed by atoms with Crippen LogP contribution in [0.4, 0.5) is 0 Å². The van der Waals surface area contributed by atoms with E-state index in [1.807, 2.05) is 34.6 Å². The summed E-state index contributed by atoms with van der Waals surface area (Å²) < 4.78 is 0. The summed E-state index contributed by atoms with van der Waals surface area (Å²) in [6, 6.07) is -0.447. The van der Waals surface area contributed by atoms with Crippen molar-refractivity contribution in [1.82, 2.24) is 10.2 Å². The molecule has 1 rings (SSSR count). The molecular weight excluding hydrogens is 276 g/mol. The van der Waals surface area contributed by atoms with Crippen molar-refractivity contribution in [2.45, 2.75) is 59.0 Å². The molecule has 1 atom stereocenters. The number of nitrogens with zero attached hydrogens (tertiary/aromatic N) is 1. The van der Waals surface area contributed by atoms with Crippen LogP contribution in [0.15, 0.2) is 11.1 Å². The Morgan fingerprint density at radius 1 is 1.40 bits per heavy atom. The monoisotopic (exact) mass is 300 g/mol. The summed E-state index contributed by atoms with van der Waals surface area (Å²) in [6.07, 6.45) is 1.20. The maximum atomic E-state index is 12.7. The lowest BCUT2D eigenvalue weighted by atomic mass is 9.83. The highest BCUT2D eigenvalue weighted by Gasteiger charge is 2.50. The van der Waals surface area contributed by atoms with Gasteiger partial charge in [0.15, 0.2) is 0 Å². The minimum absolute atomic E-state index is 0.0128. The van der Waals surface area contributed by atoms with Crippen LogP contribution in [-0.4, -0.2) is 34.8 Å². The van der Waals surface area contributed by atoms with Crippen molar-refractivity contribution < 1.29 is 9.59 Å². The number of amides is 2. The normalized spacial score (nSPS) is 23.2. The van der Waals surface area contributed by atoms with E-state index in [0.717, 1.165) is 5.57 Å². The topological polar surface area (TPSA) is 49.4 Å². The molecular formula is C15H25ClN2O2. The van der Waals surface area contributed by atoms with Gasteiger partial charge in [-0.05, 0) is 31.3 Å². The van der Waals surface area contributed by atoms with Crippen LogP contribution in [0.1, 0.15) is 47.5 Å². The molecule has 0 saturated carbocycles. The van der Waals surface area contributed by atoms with Crippen LogP contribution in [0, 0.1) is 5.92 Å². The van der Waals surface area contributed by atoms with Gasteiger partial charge in [0.1, 0.15) is 11.6 Å². The molecule has 1 fully saturated rings. The first-order valence-electron chi connectivity index (χ1n) is 7.22. The second kappa shape index (κ2) is 6.61. The van der Waals surface area contributed by atoms with Gasteiger partial charge < -0.3 is 10.2 Å². The van der Waals surface area contributed by atoms with E-state index in [4.69, 9.17) is 11.6 Å². The molecule has 0 bridgehead atoms. The smallest absolute Gasteiger partial charge is 0.246 e. The van der Waals surface area contributed by atoms with Gasteiger partial charge in [-0.25, -0.2) is 0 Å². The lowest BCUT2D eigenvalue weighted by molar-refractivity contribution is -0.158. The molecule has 1 unspecified atom stereocenters. The summed E-state index contributed by atoms with van der Waals surface area (Å²) in [6.45, 7) is 10.0. The molecule has 0 aliphatic carbocycles. The van der Waals surface area contributed by atoms with Crippen molar-refractivity contribution in [3.05, 3.63) is 11.1 Å². The largest absolute Gasteiger partial charge is 0.342 e. The Bertz CT molecular complexity index is 414. The highest BCUT2D eigenvalue weighted by atomic mass is 35.5. The number of halogens is 1. The van der Waals surface area contributed by atoms with Gasteiger partial charge in [-0.2, -0.15) is 0 Å². The van der Waals surface area contributed by atoms with Crippen molar-refractivity contribution in [1.29, 1.82) is 0 Å². The van der Waals surface area contributed by atoms with Crippen molar-refractivity contribution in [2.24, 2.45) is 5.92 Å². The molecule has 1 aliphatic rings. The van der Waals surface area contributed by atoms with Crippen LogP contribution < -0.4 is 5.32 Å². The first-order valence-corrected chi connectivity index (χ1v) is 7.66. The number of rotatable bonds is 5. The summed E-state index contributed by atoms with van der Waals surface area (Å²) in [5.74, 6) is 0.00490. The molecule has 1 saturated heterocycles. The van der Waals surface area contributed by atoms with E-state index in [2.05, 4.69) is 5.32 Å². The average molecular weight is 301 g/mol. The van der Waals surface area contributed by atoms with Crippen LogP contribution in [0.5, 0.6) is 0 Å². The maximum absolute atomic E-state index is 12.7. The SMILES string of the molecule is CCC1(CC)C(=O)NC(C(C)C)C(=O)N1CC(C)=CCl. The first kappa shape index (κ1) is 17.0. The van der Waals surface area contributed by atoms with Crippen molar-refractivity contribution >= 4 is 23.4 Å². The fourth-order valence-corrected chi connectivity index (χ4v) is 2.83. The van der Waals surface area contributed by atoms with Crippen LogP contribution in [0.25, 0.3) is 0 Å². The lowest BCUT2D eigenvalue weighted by Crippen LogP contribution is -2.71. The Morgan fingerprint density at radius 2 is 1.95 bits per heavy atom. The molecule has 1 N–H and O–H groups in total. The number of hydrogen-bond acceptors (Lipinski definition) is 2. The maximum Gasteiger partial charge on any atom is 0.246 e. The van der Waals surface area contributed by atoms with E-state index >= 15 is 0 Å². The minimum Gasteiger partial charge on any atom is -0.342 e. The highest BCUT2D eigenvalue weighted by Crippen LogP contribution is 2.31. The van der Waals surface area contributed by atoms with Crippen molar-refractivity contribution in [3.63, 3.8) is 0 Å². The van der Waals surface area contributed by atoms with Gasteiger partial charge in [0.25, 0.3) is 0 Å². The molecule has 2 amide bonds. The molecule has 0 spiro atoms. The Kier molecular flexibility index (Phi) is 5.63. The molecule has 0 aromatic rings. The zero-order valence-electron chi connectivity index (χ0n) is 13.0. The molecule has 1 heterocycles. The standard InChI is InChI=1S/C15H25ClN2O2/c1-6-15(7-2)14(20)17-12(10(3)4)13(19)18(15)9-11(5)8-16/h8,10,12H,6-7,9H2,1-5H3,(H,17,20). The molecule has 0 radical (unpaired) electrons.